The molecule has 0 saturated heterocycles. The van der Waals surface area contributed by atoms with Crippen molar-refractivity contribution in [1.82, 2.24) is 0 Å². The van der Waals surface area contributed by atoms with Gasteiger partial charge in [-0.25, -0.2) is 4.39 Å². The molecule has 0 spiro atoms. The van der Waals surface area contributed by atoms with E-state index in [0.717, 1.165) is 28.9 Å². The maximum absolute atomic E-state index is 14.4. The van der Waals surface area contributed by atoms with Crippen molar-refractivity contribution < 1.29 is 28.9 Å². The summed E-state index contributed by atoms with van der Waals surface area (Å²) in [7, 11) is 0. The van der Waals surface area contributed by atoms with Crippen molar-refractivity contribution in [1.29, 1.82) is 0 Å². The minimum absolute atomic E-state index is 0.0813. The van der Waals surface area contributed by atoms with E-state index >= 15 is 0 Å². The van der Waals surface area contributed by atoms with Gasteiger partial charge in [0.15, 0.2) is 0 Å². The first-order valence-electron chi connectivity index (χ1n) is 11.5. The average Bonchev–Trinajstić information content (AvgIpc) is 3.66. The Kier molecular flexibility index (Phi) is 7.31. The molecule has 5 nitrogen and oxygen atoms in total. The number of carboxylic acid groups (broad SMARTS) is 1. The molecule has 7 heteroatoms. The predicted molar refractivity (Wildman–Crippen MR) is 125 cm³/mol. The van der Waals surface area contributed by atoms with E-state index in [1.807, 2.05) is 12.3 Å². The van der Waals surface area contributed by atoms with Gasteiger partial charge in [-0.3, -0.25) is 4.79 Å². The van der Waals surface area contributed by atoms with Crippen LogP contribution in [0.1, 0.15) is 49.7 Å². The van der Waals surface area contributed by atoms with Crippen molar-refractivity contribution in [3.8, 4) is 5.75 Å². The van der Waals surface area contributed by atoms with Gasteiger partial charge in [0.05, 0.1) is 24.2 Å². The fourth-order valence-electron chi connectivity index (χ4n) is 4.76. The maximum Gasteiger partial charge on any atom is 0.314 e. The molecule has 0 aromatic heterocycles. The summed E-state index contributed by atoms with van der Waals surface area (Å²) in [4.78, 5) is 13.4. The molecule has 2 saturated carbocycles. The molecular weight excluding hydrogens is 443 g/mol. The van der Waals surface area contributed by atoms with Gasteiger partial charge in [-0.05, 0) is 92.2 Å². The molecule has 0 radical (unpaired) electrons. The van der Waals surface area contributed by atoms with Gasteiger partial charge in [0.1, 0.15) is 18.2 Å². The number of aliphatic hydroxyl groups excluding tert-OH is 1. The van der Waals surface area contributed by atoms with Crippen LogP contribution in [0.25, 0.3) is 0 Å². The molecule has 0 heterocycles. The van der Waals surface area contributed by atoms with Crippen molar-refractivity contribution in [2.24, 2.45) is 5.92 Å². The molecule has 178 valence electrons. The summed E-state index contributed by atoms with van der Waals surface area (Å²) in [5.74, 6) is -0.00477. The van der Waals surface area contributed by atoms with Gasteiger partial charge in [0.25, 0.3) is 0 Å². The van der Waals surface area contributed by atoms with Crippen LogP contribution in [0.4, 0.5) is 4.39 Å². The van der Waals surface area contributed by atoms with Crippen LogP contribution in [0, 0.1) is 11.7 Å². The molecular formula is C26H31FO5S. The molecule has 33 heavy (non-hydrogen) atoms. The summed E-state index contributed by atoms with van der Waals surface area (Å²) >= 11 is 1.49. The van der Waals surface area contributed by atoms with E-state index in [1.165, 1.54) is 17.8 Å². The molecule has 4 rings (SSSR count). The minimum Gasteiger partial charge on any atom is -0.491 e. The highest BCUT2D eigenvalue weighted by Crippen LogP contribution is 2.50. The molecule has 0 atom stereocenters. The molecule has 0 aliphatic heterocycles. The zero-order chi connectivity index (χ0) is 23.5. The number of carbonyl (C=O) groups is 1. The number of ether oxygens (including phenoxy) is 2. The van der Waals surface area contributed by atoms with E-state index in [0.29, 0.717) is 44.0 Å². The number of halogens is 1. The summed E-state index contributed by atoms with van der Waals surface area (Å²) in [6.45, 7) is 0.736. The molecule has 2 N–H and O–H groups in total. The molecule has 0 bridgehead atoms. The van der Waals surface area contributed by atoms with Gasteiger partial charge in [-0.15, -0.1) is 11.8 Å². The fraction of sp³-hybridized carbons (Fsp3) is 0.500. The van der Waals surface area contributed by atoms with Crippen LogP contribution in [0.2, 0.25) is 0 Å². The third-order valence-corrected chi connectivity index (χ3v) is 7.72. The Bertz CT molecular complexity index is 965. The summed E-state index contributed by atoms with van der Waals surface area (Å²) < 4.78 is 26.3. The molecule has 2 aliphatic carbocycles. The second kappa shape index (κ2) is 10.0. The highest BCUT2D eigenvalue weighted by atomic mass is 32.2. The van der Waals surface area contributed by atoms with Crippen LogP contribution in [-0.4, -0.2) is 42.3 Å². The first-order chi connectivity index (χ1) is 15.9. The largest absolute Gasteiger partial charge is 0.491 e. The number of aliphatic hydroxyl groups is 1. The van der Waals surface area contributed by atoms with E-state index in [4.69, 9.17) is 14.6 Å². The van der Waals surface area contributed by atoms with Crippen molar-refractivity contribution in [2.75, 3.05) is 26.1 Å². The van der Waals surface area contributed by atoms with Crippen LogP contribution in [0.15, 0.2) is 47.4 Å². The van der Waals surface area contributed by atoms with E-state index in [2.05, 4.69) is 0 Å². The second-order valence-electron chi connectivity index (χ2n) is 9.11. The molecule has 2 fully saturated rings. The molecule has 0 amide bonds. The smallest absolute Gasteiger partial charge is 0.314 e. The lowest BCUT2D eigenvalue weighted by Crippen LogP contribution is -2.46. The Morgan fingerprint density at radius 2 is 1.79 bits per heavy atom. The number of thioether (sulfide) groups is 1. The SMILES string of the molecule is CSc1cc(F)cc([C@]2(OCC3CC3)CC[C@](C(=O)O)(c3ccc(OCCO)cc3)CC2)c1. The van der Waals surface area contributed by atoms with Crippen LogP contribution in [0.5, 0.6) is 5.75 Å². The van der Waals surface area contributed by atoms with Crippen LogP contribution >= 0.6 is 11.8 Å². The van der Waals surface area contributed by atoms with Crippen molar-refractivity contribution in [3.63, 3.8) is 0 Å². The number of hydrogen-bond acceptors (Lipinski definition) is 5. The quantitative estimate of drug-likeness (QED) is 0.465. The monoisotopic (exact) mass is 474 g/mol. The number of aliphatic carboxylic acids is 1. The van der Waals surface area contributed by atoms with Crippen LogP contribution < -0.4 is 4.74 Å². The molecule has 2 aliphatic rings. The third-order valence-electron chi connectivity index (χ3n) is 7.01. The van der Waals surface area contributed by atoms with Crippen molar-refractivity contribution >= 4 is 17.7 Å². The highest BCUT2D eigenvalue weighted by molar-refractivity contribution is 7.98. The maximum atomic E-state index is 14.4. The van der Waals surface area contributed by atoms with Gasteiger partial charge in [0.2, 0.25) is 0 Å². The van der Waals surface area contributed by atoms with Crippen LogP contribution in [0.3, 0.4) is 0 Å². The van der Waals surface area contributed by atoms with Gasteiger partial charge >= 0.3 is 5.97 Å². The Morgan fingerprint density at radius 1 is 1.09 bits per heavy atom. The summed E-state index contributed by atoms with van der Waals surface area (Å²) in [6.07, 6.45) is 6.03. The van der Waals surface area contributed by atoms with E-state index < -0.39 is 17.0 Å². The Hall–Kier alpha value is -2.09. The predicted octanol–water partition coefficient (Wildman–Crippen LogP) is 5.14. The highest BCUT2D eigenvalue weighted by Gasteiger charge is 2.50. The first-order valence-corrected chi connectivity index (χ1v) is 12.7. The summed E-state index contributed by atoms with van der Waals surface area (Å²) in [6, 6.07) is 12.2. The zero-order valence-corrected chi connectivity index (χ0v) is 19.7. The van der Waals surface area contributed by atoms with Gasteiger partial charge < -0.3 is 19.7 Å². The Balaban J connectivity index is 1.61. The standard InChI is InChI=1S/C26H31FO5S/c1-33-23-15-20(14-21(27)16-23)26(32-17-18-2-3-18)10-8-25(9-11-26,24(29)30)19-4-6-22(7-5-19)31-13-12-28/h4-7,14-16,18,28H,2-3,8-13,17H2,1H3,(H,29,30)/t25-,26+. The normalized spacial score (nSPS) is 25.1. The van der Waals surface area contributed by atoms with Gasteiger partial charge in [0, 0.05) is 4.90 Å². The molecule has 2 aromatic carbocycles. The zero-order valence-electron chi connectivity index (χ0n) is 18.9. The number of hydrogen-bond donors (Lipinski definition) is 2. The van der Waals surface area contributed by atoms with Gasteiger partial charge in [-0.2, -0.15) is 0 Å². The molecule has 0 unspecified atom stereocenters. The average molecular weight is 475 g/mol. The van der Waals surface area contributed by atoms with Crippen molar-refractivity contribution in [2.45, 2.75) is 54.4 Å². The number of carboxylic acids is 1. The Morgan fingerprint density at radius 3 is 2.36 bits per heavy atom. The fourth-order valence-corrected chi connectivity index (χ4v) is 5.24. The summed E-state index contributed by atoms with van der Waals surface area (Å²) in [5, 5.41) is 19.2. The summed E-state index contributed by atoms with van der Waals surface area (Å²) in [5.41, 5.74) is -0.180. The molecule has 2 aromatic rings. The van der Waals surface area contributed by atoms with E-state index in [1.54, 1.807) is 30.3 Å². The van der Waals surface area contributed by atoms with E-state index in [-0.39, 0.29) is 19.0 Å². The number of rotatable bonds is 10. The lowest BCUT2D eigenvalue weighted by atomic mass is 9.63. The Labute approximate surface area is 198 Å². The lowest BCUT2D eigenvalue weighted by Gasteiger charge is -2.45. The van der Waals surface area contributed by atoms with Crippen LogP contribution in [-0.2, 0) is 20.5 Å². The number of benzene rings is 2. The van der Waals surface area contributed by atoms with Gasteiger partial charge in [-0.1, -0.05) is 12.1 Å². The lowest BCUT2D eigenvalue weighted by molar-refractivity contribution is -0.151. The first kappa shape index (κ1) is 24.0. The van der Waals surface area contributed by atoms with Crippen molar-refractivity contribution in [3.05, 3.63) is 59.4 Å². The third kappa shape index (κ3) is 5.20. The topological polar surface area (TPSA) is 76.0 Å². The minimum atomic E-state index is -1.03. The van der Waals surface area contributed by atoms with E-state index in [9.17, 15) is 14.3 Å². The second-order valence-corrected chi connectivity index (χ2v) is 9.99.